The van der Waals surface area contributed by atoms with Crippen molar-refractivity contribution in [2.24, 2.45) is 0 Å². The summed E-state index contributed by atoms with van der Waals surface area (Å²) >= 11 is 0. The first-order valence-electron chi connectivity index (χ1n) is 3.19. The Bertz CT molecular complexity index is 136. The Hall–Kier alpha value is -1.05. The molecule has 0 aliphatic carbocycles. The van der Waals surface area contributed by atoms with E-state index in [1.165, 1.54) is 6.08 Å². The predicted octanol–water partition coefficient (Wildman–Crippen LogP) is 1.68. The molecule has 0 radical (unpaired) electrons. The minimum atomic E-state index is -0.229. The molecule has 0 heterocycles. The topological polar surface area (TPSA) is 26.3 Å². The zero-order valence-electron chi connectivity index (χ0n) is 6.17. The van der Waals surface area contributed by atoms with Crippen molar-refractivity contribution in [3.05, 3.63) is 24.8 Å². The van der Waals surface area contributed by atoms with Gasteiger partial charge in [0.1, 0.15) is 6.61 Å². The molecule has 0 aliphatic rings. The van der Waals surface area contributed by atoms with Crippen molar-refractivity contribution < 1.29 is 9.53 Å². The van der Waals surface area contributed by atoms with Crippen LogP contribution in [0.4, 0.5) is 0 Å². The first-order chi connectivity index (χ1) is 4.81. The number of esters is 1. The van der Waals surface area contributed by atoms with E-state index in [9.17, 15) is 4.79 Å². The number of carbonyl (C=O) groups is 1. The van der Waals surface area contributed by atoms with E-state index in [-0.39, 0.29) is 12.4 Å². The lowest BCUT2D eigenvalue weighted by atomic mass is 10.4. The van der Waals surface area contributed by atoms with Gasteiger partial charge in [-0.25, -0.2) is 0 Å². The van der Waals surface area contributed by atoms with E-state index >= 15 is 0 Å². The van der Waals surface area contributed by atoms with E-state index in [0.717, 1.165) is 0 Å². The third-order valence-corrected chi connectivity index (χ3v) is 0.887. The monoisotopic (exact) mass is 140 g/mol. The first-order valence-corrected chi connectivity index (χ1v) is 3.19. The molecule has 56 valence electrons. The highest BCUT2D eigenvalue weighted by Crippen LogP contribution is 1.86. The molecule has 0 saturated heterocycles. The Morgan fingerprint density at radius 2 is 2.40 bits per heavy atom. The molecule has 0 rings (SSSR count). The number of hydrogen-bond acceptors (Lipinski definition) is 2. The standard InChI is InChI=1S/C8H12O2/c1-3-5-7-10-8(9)6-4-2/h3-5H,2,6-7H2,1H3/b5-3+. The van der Waals surface area contributed by atoms with Crippen molar-refractivity contribution in [2.45, 2.75) is 13.3 Å². The zero-order valence-corrected chi connectivity index (χ0v) is 6.17. The van der Waals surface area contributed by atoms with Crippen LogP contribution in [0, 0.1) is 0 Å². The van der Waals surface area contributed by atoms with Gasteiger partial charge in [-0.05, 0) is 6.92 Å². The number of hydrogen-bond donors (Lipinski definition) is 0. The van der Waals surface area contributed by atoms with Gasteiger partial charge < -0.3 is 4.74 Å². The fourth-order valence-corrected chi connectivity index (χ4v) is 0.414. The smallest absolute Gasteiger partial charge is 0.309 e. The molecule has 0 aromatic rings. The Labute approximate surface area is 61.2 Å². The van der Waals surface area contributed by atoms with Crippen LogP contribution in [-0.2, 0) is 9.53 Å². The van der Waals surface area contributed by atoms with Gasteiger partial charge in [0.15, 0.2) is 0 Å². The SMILES string of the molecule is C=CCC(=O)OC/C=C/C. The molecular weight excluding hydrogens is 128 g/mol. The van der Waals surface area contributed by atoms with Crippen molar-refractivity contribution in [1.82, 2.24) is 0 Å². The van der Waals surface area contributed by atoms with E-state index in [4.69, 9.17) is 4.74 Å². The molecule has 0 aromatic heterocycles. The Kier molecular flexibility index (Phi) is 5.44. The van der Waals surface area contributed by atoms with Crippen LogP contribution in [0.1, 0.15) is 13.3 Å². The molecule has 0 unspecified atom stereocenters. The lowest BCUT2D eigenvalue weighted by Crippen LogP contribution is -2.01. The van der Waals surface area contributed by atoms with E-state index in [2.05, 4.69) is 6.58 Å². The first kappa shape index (κ1) is 8.95. The second-order valence-corrected chi connectivity index (χ2v) is 1.74. The van der Waals surface area contributed by atoms with Gasteiger partial charge in [-0.15, -0.1) is 6.58 Å². The van der Waals surface area contributed by atoms with Gasteiger partial charge in [0.05, 0.1) is 6.42 Å². The summed E-state index contributed by atoms with van der Waals surface area (Å²) in [6, 6.07) is 0. The Morgan fingerprint density at radius 1 is 1.70 bits per heavy atom. The minimum Gasteiger partial charge on any atom is -0.461 e. The van der Waals surface area contributed by atoms with Crippen LogP contribution < -0.4 is 0 Å². The quantitative estimate of drug-likeness (QED) is 0.438. The molecular formula is C8H12O2. The Balaban J connectivity index is 3.30. The van der Waals surface area contributed by atoms with Crippen LogP contribution in [0.3, 0.4) is 0 Å². The van der Waals surface area contributed by atoms with Crippen molar-refractivity contribution in [3.8, 4) is 0 Å². The summed E-state index contributed by atoms with van der Waals surface area (Å²) in [6.45, 7) is 5.65. The molecule has 0 aliphatic heterocycles. The second-order valence-electron chi connectivity index (χ2n) is 1.74. The van der Waals surface area contributed by atoms with Gasteiger partial charge in [-0.3, -0.25) is 4.79 Å². The van der Waals surface area contributed by atoms with Crippen LogP contribution in [0.25, 0.3) is 0 Å². The average molecular weight is 140 g/mol. The normalized spacial score (nSPS) is 9.70. The van der Waals surface area contributed by atoms with E-state index in [0.29, 0.717) is 6.61 Å². The molecule has 0 N–H and O–H groups in total. The van der Waals surface area contributed by atoms with Crippen LogP contribution in [0.5, 0.6) is 0 Å². The molecule has 0 bridgehead atoms. The average Bonchev–Trinajstić information content (AvgIpc) is 1.89. The summed E-state index contributed by atoms with van der Waals surface area (Å²) < 4.78 is 4.73. The van der Waals surface area contributed by atoms with Crippen molar-refractivity contribution in [3.63, 3.8) is 0 Å². The maximum Gasteiger partial charge on any atom is 0.309 e. The van der Waals surface area contributed by atoms with Crippen molar-refractivity contribution >= 4 is 5.97 Å². The fourth-order valence-electron chi connectivity index (χ4n) is 0.414. The lowest BCUT2D eigenvalue weighted by Gasteiger charge is -1.96. The molecule has 0 aromatic carbocycles. The van der Waals surface area contributed by atoms with Gasteiger partial charge >= 0.3 is 5.97 Å². The highest BCUT2D eigenvalue weighted by Gasteiger charge is 1.94. The van der Waals surface area contributed by atoms with Gasteiger partial charge in [0, 0.05) is 0 Å². The largest absolute Gasteiger partial charge is 0.461 e. The molecule has 0 saturated carbocycles. The summed E-state index contributed by atoms with van der Waals surface area (Å²) in [5, 5.41) is 0. The highest BCUT2D eigenvalue weighted by molar-refractivity contribution is 5.71. The van der Waals surface area contributed by atoms with Crippen LogP contribution in [0.15, 0.2) is 24.8 Å². The minimum absolute atomic E-state index is 0.229. The number of ether oxygens (including phenoxy) is 1. The molecule has 0 amide bonds. The lowest BCUT2D eigenvalue weighted by molar-refractivity contribution is -0.141. The van der Waals surface area contributed by atoms with E-state index < -0.39 is 0 Å². The van der Waals surface area contributed by atoms with Gasteiger partial charge in [0.2, 0.25) is 0 Å². The number of rotatable bonds is 4. The van der Waals surface area contributed by atoms with Gasteiger partial charge in [-0.2, -0.15) is 0 Å². The molecule has 0 spiro atoms. The summed E-state index contributed by atoms with van der Waals surface area (Å²) in [5.41, 5.74) is 0. The number of carbonyl (C=O) groups excluding carboxylic acids is 1. The summed E-state index contributed by atoms with van der Waals surface area (Å²) in [6.07, 6.45) is 5.43. The number of allylic oxidation sites excluding steroid dienone is 1. The summed E-state index contributed by atoms with van der Waals surface area (Å²) in [7, 11) is 0. The zero-order chi connectivity index (χ0) is 7.82. The molecule has 0 atom stereocenters. The maximum atomic E-state index is 10.6. The highest BCUT2D eigenvalue weighted by atomic mass is 16.5. The molecule has 0 fully saturated rings. The second kappa shape index (κ2) is 6.08. The predicted molar refractivity (Wildman–Crippen MR) is 40.6 cm³/mol. The third kappa shape index (κ3) is 5.09. The Morgan fingerprint density at radius 3 is 2.90 bits per heavy atom. The van der Waals surface area contributed by atoms with Crippen LogP contribution in [0.2, 0.25) is 0 Å². The van der Waals surface area contributed by atoms with Crippen LogP contribution in [-0.4, -0.2) is 12.6 Å². The van der Waals surface area contributed by atoms with Crippen molar-refractivity contribution in [1.29, 1.82) is 0 Å². The van der Waals surface area contributed by atoms with E-state index in [1.807, 2.05) is 13.0 Å². The fraction of sp³-hybridized carbons (Fsp3) is 0.375. The maximum absolute atomic E-state index is 10.6. The molecule has 10 heavy (non-hydrogen) atoms. The van der Waals surface area contributed by atoms with Gasteiger partial charge in [-0.1, -0.05) is 18.2 Å². The third-order valence-electron chi connectivity index (χ3n) is 0.887. The molecule has 2 heteroatoms. The summed E-state index contributed by atoms with van der Waals surface area (Å²) in [5.74, 6) is -0.229. The van der Waals surface area contributed by atoms with Crippen molar-refractivity contribution in [2.75, 3.05) is 6.61 Å². The van der Waals surface area contributed by atoms with Crippen LogP contribution >= 0.6 is 0 Å². The van der Waals surface area contributed by atoms with Gasteiger partial charge in [0.25, 0.3) is 0 Å². The summed E-state index contributed by atoms with van der Waals surface area (Å²) in [4.78, 5) is 10.6. The van der Waals surface area contributed by atoms with E-state index in [1.54, 1.807) is 6.08 Å². The molecule has 2 nitrogen and oxygen atoms in total.